The minimum Gasteiger partial charge on any atom is -0.315 e. The van der Waals surface area contributed by atoms with E-state index >= 15 is 0 Å². The highest BCUT2D eigenvalue weighted by atomic mass is 32.2. The first-order valence-corrected chi connectivity index (χ1v) is 6.26. The molecule has 1 aliphatic rings. The Morgan fingerprint density at radius 3 is 2.33 bits per heavy atom. The fourth-order valence-electron chi connectivity index (χ4n) is 1.70. The predicted molar refractivity (Wildman–Crippen MR) is 57.9 cm³/mol. The third-order valence-electron chi connectivity index (χ3n) is 3.14. The summed E-state index contributed by atoms with van der Waals surface area (Å²) in [6.45, 7) is 5.67. The van der Waals surface area contributed by atoms with Crippen LogP contribution in [0, 0.1) is 11.3 Å². The molecule has 0 aromatic heterocycles. The molecule has 1 aliphatic carbocycles. The molecule has 1 fully saturated rings. The van der Waals surface area contributed by atoms with E-state index in [1.165, 1.54) is 12.8 Å². The van der Waals surface area contributed by atoms with Crippen molar-refractivity contribution in [2.45, 2.75) is 32.2 Å². The molecule has 0 unspecified atom stereocenters. The van der Waals surface area contributed by atoms with E-state index in [0.717, 1.165) is 6.54 Å². The second-order valence-corrected chi connectivity index (χ2v) is 5.65. The molecule has 1 rings (SSSR count). The van der Waals surface area contributed by atoms with E-state index in [1.54, 1.807) is 0 Å². The lowest BCUT2D eigenvalue weighted by Crippen LogP contribution is -2.29. The van der Waals surface area contributed by atoms with E-state index in [4.69, 9.17) is 0 Å². The van der Waals surface area contributed by atoms with Gasteiger partial charge in [0.2, 0.25) is 0 Å². The van der Waals surface area contributed by atoms with Gasteiger partial charge in [0.05, 0.1) is 0 Å². The quantitative estimate of drug-likeness (QED) is 0.716. The van der Waals surface area contributed by atoms with Crippen molar-refractivity contribution in [1.29, 1.82) is 0 Å². The van der Waals surface area contributed by atoms with Crippen molar-refractivity contribution in [2.24, 2.45) is 11.3 Å². The van der Waals surface area contributed by atoms with E-state index in [2.05, 4.69) is 19.2 Å². The topological polar surface area (TPSA) is 12.0 Å². The first kappa shape index (κ1) is 13.2. The maximum Gasteiger partial charge on any atom is 0.441 e. The number of hydrogen-bond acceptors (Lipinski definition) is 2. The highest BCUT2D eigenvalue weighted by Gasteiger charge is 2.44. The summed E-state index contributed by atoms with van der Waals surface area (Å²) >= 11 is 0.0505. The normalized spacial score (nSPS) is 19.6. The van der Waals surface area contributed by atoms with Gasteiger partial charge in [0.15, 0.2) is 0 Å². The number of nitrogens with one attached hydrogen (secondary N) is 1. The summed E-state index contributed by atoms with van der Waals surface area (Å²) in [6.07, 6.45) is 2.42. The van der Waals surface area contributed by atoms with Gasteiger partial charge in [-0.15, -0.1) is 0 Å². The van der Waals surface area contributed by atoms with Gasteiger partial charge in [0.25, 0.3) is 0 Å². The first-order chi connectivity index (χ1) is 6.86. The van der Waals surface area contributed by atoms with E-state index in [9.17, 15) is 13.2 Å². The van der Waals surface area contributed by atoms with Crippen LogP contribution in [0.3, 0.4) is 0 Å². The van der Waals surface area contributed by atoms with Crippen LogP contribution in [0.25, 0.3) is 0 Å². The lowest BCUT2D eigenvalue weighted by molar-refractivity contribution is -0.0327. The molecule has 0 aliphatic heterocycles. The summed E-state index contributed by atoms with van der Waals surface area (Å²) in [5.74, 6) is 0.734. The zero-order valence-electron chi connectivity index (χ0n) is 9.16. The van der Waals surface area contributed by atoms with Gasteiger partial charge in [-0.05, 0) is 35.9 Å². The van der Waals surface area contributed by atoms with E-state index in [1.807, 2.05) is 0 Å². The Morgan fingerprint density at radius 2 is 1.93 bits per heavy atom. The lowest BCUT2D eigenvalue weighted by atomic mass is 9.92. The zero-order chi connectivity index (χ0) is 11.5. The third kappa shape index (κ3) is 4.64. The smallest absolute Gasteiger partial charge is 0.315 e. The maximum absolute atomic E-state index is 11.8. The molecule has 0 atom stereocenters. The van der Waals surface area contributed by atoms with Crippen molar-refractivity contribution in [3.8, 4) is 0 Å². The van der Waals surface area contributed by atoms with Gasteiger partial charge in [-0.2, -0.15) is 13.2 Å². The first-order valence-electron chi connectivity index (χ1n) is 5.27. The summed E-state index contributed by atoms with van der Waals surface area (Å²) in [5.41, 5.74) is -3.71. The highest BCUT2D eigenvalue weighted by molar-refractivity contribution is 8.00. The maximum atomic E-state index is 11.8. The number of alkyl halides is 3. The monoisotopic (exact) mass is 241 g/mol. The van der Waals surface area contributed by atoms with Crippen LogP contribution in [0.15, 0.2) is 0 Å². The molecule has 90 valence electrons. The molecule has 0 aromatic carbocycles. The fraction of sp³-hybridized carbons (Fsp3) is 1.00. The molecule has 0 saturated heterocycles. The molecule has 1 nitrogen and oxygen atoms in total. The van der Waals surface area contributed by atoms with Crippen LogP contribution >= 0.6 is 11.8 Å². The Kier molecular flexibility index (Phi) is 4.35. The van der Waals surface area contributed by atoms with Gasteiger partial charge in [-0.3, -0.25) is 0 Å². The van der Waals surface area contributed by atoms with Crippen LogP contribution in [0.2, 0.25) is 0 Å². The van der Waals surface area contributed by atoms with Crippen molar-refractivity contribution < 1.29 is 13.2 Å². The van der Waals surface area contributed by atoms with Crippen LogP contribution in [0.5, 0.6) is 0 Å². The molecule has 0 spiro atoms. The Balaban J connectivity index is 2.03. The molecule has 15 heavy (non-hydrogen) atoms. The molecule has 1 saturated carbocycles. The summed E-state index contributed by atoms with van der Waals surface area (Å²) in [7, 11) is 0. The summed E-state index contributed by atoms with van der Waals surface area (Å²) in [5, 5.41) is 3.12. The van der Waals surface area contributed by atoms with E-state index in [-0.39, 0.29) is 17.5 Å². The van der Waals surface area contributed by atoms with Gasteiger partial charge in [0, 0.05) is 18.8 Å². The molecular weight excluding hydrogens is 223 g/mol. The van der Waals surface area contributed by atoms with Crippen LogP contribution in [0.1, 0.15) is 26.7 Å². The third-order valence-corrected chi connectivity index (χ3v) is 3.87. The van der Waals surface area contributed by atoms with Gasteiger partial charge < -0.3 is 5.32 Å². The molecule has 0 heterocycles. The largest absolute Gasteiger partial charge is 0.441 e. The summed E-state index contributed by atoms with van der Waals surface area (Å²) < 4.78 is 35.4. The van der Waals surface area contributed by atoms with Gasteiger partial charge in [-0.25, -0.2) is 0 Å². The highest BCUT2D eigenvalue weighted by Crippen LogP contribution is 2.51. The minimum absolute atomic E-state index is 0.0505. The Morgan fingerprint density at radius 1 is 1.33 bits per heavy atom. The number of halogens is 3. The van der Waals surface area contributed by atoms with Gasteiger partial charge in [0.1, 0.15) is 0 Å². The average molecular weight is 241 g/mol. The van der Waals surface area contributed by atoms with Gasteiger partial charge in [-0.1, -0.05) is 13.8 Å². The standard InChI is InChI=1S/C10H18F3NS/c1-8(2)9(3-4-9)7-14-5-6-15-10(11,12)13/h8,14H,3-7H2,1-2H3. The van der Waals surface area contributed by atoms with E-state index in [0.29, 0.717) is 17.9 Å². The van der Waals surface area contributed by atoms with E-state index < -0.39 is 5.51 Å². The zero-order valence-corrected chi connectivity index (χ0v) is 9.97. The number of hydrogen-bond donors (Lipinski definition) is 1. The van der Waals surface area contributed by atoms with Crippen molar-refractivity contribution >= 4 is 11.8 Å². The predicted octanol–water partition coefficient (Wildman–Crippen LogP) is 3.27. The molecule has 5 heteroatoms. The molecular formula is C10H18F3NS. The molecule has 0 amide bonds. The Bertz CT molecular complexity index is 199. The minimum atomic E-state index is -4.09. The molecule has 1 N–H and O–H groups in total. The average Bonchev–Trinajstić information content (AvgIpc) is 2.82. The van der Waals surface area contributed by atoms with Crippen LogP contribution in [-0.4, -0.2) is 24.4 Å². The van der Waals surface area contributed by atoms with Crippen molar-refractivity contribution in [2.75, 3.05) is 18.8 Å². The number of thioether (sulfide) groups is 1. The Hall–Kier alpha value is 0.100. The van der Waals surface area contributed by atoms with Crippen molar-refractivity contribution in [3.05, 3.63) is 0 Å². The van der Waals surface area contributed by atoms with Gasteiger partial charge >= 0.3 is 5.51 Å². The summed E-state index contributed by atoms with van der Waals surface area (Å²) in [4.78, 5) is 0. The molecule has 0 aromatic rings. The van der Waals surface area contributed by atoms with Crippen LogP contribution in [-0.2, 0) is 0 Å². The second kappa shape index (κ2) is 4.95. The van der Waals surface area contributed by atoms with Crippen LogP contribution in [0.4, 0.5) is 13.2 Å². The second-order valence-electron chi connectivity index (χ2n) is 4.49. The van der Waals surface area contributed by atoms with Crippen molar-refractivity contribution in [1.82, 2.24) is 5.32 Å². The van der Waals surface area contributed by atoms with Crippen LogP contribution < -0.4 is 5.32 Å². The van der Waals surface area contributed by atoms with Crippen molar-refractivity contribution in [3.63, 3.8) is 0 Å². The Labute approximate surface area is 93.2 Å². The lowest BCUT2D eigenvalue weighted by Gasteiger charge is -2.20. The number of rotatable bonds is 6. The molecule has 0 bridgehead atoms. The fourth-order valence-corrected chi connectivity index (χ4v) is 2.17. The molecule has 0 radical (unpaired) electrons. The summed E-state index contributed by atoms with van der Waals surface area (Å²) in [6, 6.07) is 0. The SMILES string of the molecule is CC(C)C1(CNCCSC(F)(F)F)CC1.